The minimum absolute atomic E-state index is 0.322. The molecule has 1 saturated carbocycles. The van der Waals surface area contributed by atoms with Crippen molar-refractivity contribution in [3.8, 4) is 5.75 Å². The maximum Gasteiger partial charge on any atom is 0.314 e. The summed E-state index contributed by atoms with van der Waals surface area (Å²) in [7, 11) is 1.66. The minimum atomic E-state index is -0.707. The first-order chi connectivity index (χ1) is 8.42. The number of ether oxygens (including phenoxy) is 1. The van der Waals surface area contributed by atoms with Gasteiger partial charge in [-0.2, -0.15) is 0 Å². The van der Waals surface area contributed by atoms with Crippen LogP contribution in [0.5, 0.6) is 5.75 Å². The molecule has 1 aliphatic rings. The average Bonchev–Trinajstić information content (AvgIpc) is 3.08. The molecule has 1 aromatic rings. The molecule has 0 bridgehead atoms. The van der Waals surface area contributed by atoms with E-state index in [4.69, 9.17) is 4.74 Å². The predicted octanol–water partition coefficient (Wildman–Crippen LogP) is 3.24. The Labute approximate surface area is 108 Å². The highest BCUT2D eigenvalue weighted by Gasteiger charge is 2.52. The molecule has 0 amide bonds. The molecule has 18 heavy (non-hydrogen) atoms. The molecule has 0 spiro atoms. The molecule has 0 heterocycles. The molecule has 0 aromatic heterocycles. The molecule has 3 nitrogen and oxygen atoms in total. The van der Waals surface area contributed by atoms with Crippen molar-refractivity contribution < 1.29 is 14.6 Å². The van der Waals surface area contributed by atoms with Gasteiger partial charge in [0.1, 0.15) is 5.75 Å². The summed E-state index contributed by atoms with van der Waals surface area (Å²) in [5, 5.41) is 9.37. The lowest BCUT2D eigenvalue weighted by Gasteiger charge is -2.19. The standard InChI is InChI=1S/C15H20O3/c1-9(2)12-8-11(7-10(3)13(12)18-4)15(5-6-15)14(16)17/h7-9H,5-6H2,1-4H3,(H,16,17). The van der Waals surface area contributed by atoms with Crippen molar-refractivity contribution >= 4 is 5.97 Å². The van der Waals surface area contributed by atoms with Gasteiger partial charge in [0, 0.05) is 0 Å². The van der Waals surface area contributed by atoms with Crippen molar-refractivity contribution in [2.24, 2.45) is 0 Å². The number of aryl methyl sites for hydroxylation is 1. The molecule has 0 saturated heterocycles. The Morgan fingerprint density at radius 2 is 2.00 bits per heavy atom. The Morgan fingerprint density at radius 1 is 1.39 bits per heavy atom. The fourth-order valence-electron chi connectivity index (χ4n) is 2.54. The first-order valence-corrected chi connectivity index (χ1v) is 6.35. The first kappa shape index (κ1) is 12.9. The van der Waals surface area contributed by atoms with E-state index in [9.17, 15) is 9.90 Å². The van der Waals surface area contributed by atoms with E-state index >= 15 is 0 Å². The predicted molar refractivity (Wildman–Crippen MR) is 70.4 cm³/mol. The van der Waals surface area contributed by atoms with Gasteiger partial charge in [0.15, 0.2) is 0 Å². The van der Waals surface area contributed by atoms with Crippen LogP contribution in [0, 0.1) is 6.92 Å². The van der Waals surface area contributed by atoms with Gasteiger partial charge in [-0.1, -0.05) is 26.0 Å². The molecule has 2 rings (SSSR count). The van der Waals surface area contributed by atoms with Crippen LogP contribution in [0.4, 0.5) is 0 Å². The molecule has 1 N–H and O–H groups in total. The molecule has 1 aromatic carbocycles. The molecule has 1 aliphatic carbocycles. The summed E-state index contributed by atoms with van der Waals surface area (Å²) in [6.45, 7) is 6.18. The van der Waals surface area contributed by atoms with Gasteiger partial charge >= 0.3 is 5.97 Å². The van der Waals surface area contributed by atoms with Crippen molar-refractivity contribution in [3.05, 3.63) is 28.8 Å². The highest BCUT2D eigenvalue weighted by molar-refractivity contribution is 5.85. The molecule has 0 aliphatic heterocycles. The second-order valence-electron chi connectivity index (χ2n) is 5.46. The van der Waals surface area contributed by atoms with Crippen molar-refractivity contribution in [1.82, 2.24) is 0 Å². The summed E-state index contributed by atoms with van der Waals surface area (Å²) < 4.78 is 5.44. The largest absolute Gasteiger partial charge is 0.496 e. The van der Waals surface area contributed by atoms with Crippen molar-refractivity contribution in [1.29, 1.82) is 0 Å². The lowest BCUT2D eigenvalue weighted by molar-refractivity contribution is -0.140. The van der Waals surface area contributed by atoms with Gasteiger partial charge in [-0.3, -0.25) is 4.79 Å². The van der Waals surface area contributed by atoms with Crippen molar-refractivity contribution in [2.45, 2.75) is 44.9 Å². The van der Waals surface area contributed by atoms with Crippen LogP contribution in [0.15, 0.2) is 12.1 Å². The van der Waals surface area contributed by atoms with E-state index in [1.807, 2.05) is 19.1 Å². The maximum absolute atomic E-state index is 11.4. The molecular formula is C15H20O3. The molecule has 0 unspecified atom stereocenters. The first-order valence-electron chi connectivity index (χ1n) is 6.35. The number of hydrogen-bond donors (Lipinski definition) is 1. The van der Waals surface area contributed by atoms with Crippen LogP contribution in [0.1, 0.15) is 49.3 Å². The van der Waals surface area contributed by atoms with Gasteiger partial charge in [0.05, 0.1) is 12.5 Å². The summed E-state index contributed by atoms with van der Waals surface area (Å²) in [6.07, 6.45) is 1.48. The monoisotopic (exact) mass is 248 g/mol. The van der Waals surface area contributed by atoms with Crippen LogP contribution in [0.2, 0.25) is 0 Å². The summed E-state index contributed by atoms with van der Waals surface area (Å²) in [4.78, 5) is 11.4. The van der Waals surface area contributed by atoms with Gasteiger partial charge in [-0.15, -0.1) is 0 Å². The lowest BCUT2D eigenvalue weighted by Crippen LogP contribution is -2.20. The molecular weight excluding hydrogens is 228 g/mol. The van der Waals surface area contributed by atoms with Crippen molar-refractivity contribution in [2.75, 3.05) is 7.11 Å². The summed E-state index contributed by atoms with van der Waals surface area (Å²) in [5.74, 6) is 0.500. The van der Waals surface area contributed by atoms with Gasteiger partial charge < -0.3 is 9.84 Å². The van der Waals surface area contributed by atoms with Gasteiger partial charge in [-0.05, 0) is 42.4 Å². The van der Waals surface area contributed by atoms with E-state index in [1.165, 1.54) is 0 Å². The third-order valence-corrected chi connectivity index (χ3v) is 3.84. The zero-order chi connectivity index (χ0) is 13.5. The van der Waals surface area contributed by atoms with E-state index in [0.29, 0.717) is 5.92 Å². The Bertz CT molecular complexity index is 485. The van der Waals surface area contributed by atoms with E-state index in [2.05, 4.69) is 13.8 Å². The second kappa shape index (κ2) is 4.30. The number of hydrogen-bond acceptors (Lipinski definition) is 2. The number of methoxy groups -OCH3 is 1. The summed E-state index contributed by atoms with van der Waals surface area (Å²) >= 11 is 0. The molecule has 1 fully saturated rings. The maximum atomic E-state index is 11.4. The second-order valence-corrected chi connectivity index (χ2v) is 5.46. The quantitative estimate of drug-likeness (QED) is 0.889. The normalized spacial score (nSPS) is 16.7. The van der Waals surface area contributed by atoms with Gasteiger partial charge in [0.25, 0.3) is 0 Å². The van der Waals surface area contributed by atoms with Crippen LogP contribution >= 0.6 is 0 Å². The van der Waals surface area contributed by atoms with Crippen LogP contribution in [0.3, 0.4) is 0 Å². The fourth-order valence-corrected chi connectivity index (χ4v) is 2.54. The Hall–Kier alpha value is -1.51. The average molecular weight is 248 g/mol. The van der Waals surface area contributed by atoms with Gasteiger partial charge in [0.2, 0.25) is 0 Å². The number of aliphatic carboxylic acids is 1. The van der Waals surface area contributed by atoms with E-state index < -0.39 is 11.4 Å². The number of carboxylic acids is 1. The van der Waals surface area contributed by atoms with Crippen molar-refractivity contribution in [3.63, 3.8) is 0 Å². The Balaban J connectivity index is 2.55. The Kier molecular flexibility index (Phi) is 3.09. The van der Waals surface area contributed by atoms with Crippen LogP contribution in [-0.2, 0) is 10.2 Å². The number of carboxylic acid groups (broad SMARTS) is 1. The zero-order valence-corrected chi connectivity index (χ0v) is 11.4. The lowest BCUT2D eigenvalue weighted by atomic mass is 9.89. The number of carbonyl (C=O) groups is 1. The summed E-state index contributed by atoms with van der Waals surface area (Å²) in [6, 6.07) is 3.98. The third-order valence-electron chi connectivity index (χ3n) is 3.84. The van der Waals surface area contributed by atoms with E-state index in [-0.39, 0.29) is 0 Å². The van der Waals surface area contributed by atoms with E-state index in [1.54, 1.807) is 7.11 Å². The molecule has 98 valence electrons. The van der Waals surface area contributed by atoms with Crippen LogP contribution < -0.4 is 4.74 Å². The fraction of sp³-hybridized carbons (Fsp3) is 0.533. The number of rotatable bonds is 4. The molecule has 0 atom stereocenters. The molecule has 0 radical (unpaired) electrons. The third kappa shape index (κ3) is 1.88. The Morgan fingerprint density at radius 3 is 2.39 bits per heavy atom. The highest BCUT2D eigenvalue weighted by Crippen LogP contribution is 2.50. The zero-order valence-electron chi connectivity index (χ0n) is 11.4. The van der Waals surface area contributed by atoms with E-state index in [0.717, 1.165) is 35.3 Å². The summed E-state index contributed by atoms with van der Waals surface area (Å²) in [5.41, 5.74) is 2.41. The molecule has 3 heteroatoms. The topological polar surface area (TPSA) is 46.5 Å². The van der Waals surface area contributed by atoms with Crippen LogP contribution in [0.25, 0.3) is 0 Å². The van der Waals surface area contributed by atoms with Gasteiger partial charge in [-0.25, -0.2) is 0 Å². The minimum Gasteiger partial charge on any atom is -0.496 e. The number of benzene rings is 1. The highest BCUT2D eigenvalue weighted by atomic mass is 16.5. The SMILES string of the molecule is COc1c(C)cc(C2(C(=O)O)CC2)cc1C(C)C. The smallest absolute Gasteiger partial charge is 0.314 e. The van der Waals surface area contributed by atoms with Crippen LogP contribution in [-0.4, -0.2) is 18.2 Å².